The van der Waals surface area contributed by atoms with Gasteiger partial charge in [-0.3, -0.25) is 9.59 Å². The first-order valence-electron chi connectivity index (χ1n) is 9.50. The molecular formula is C22H24N4O3. The van der Waals surface area contributed by atoms with Gasteiger partial charge in [-0.15, -0.1) is 10.2 Å². The number of aryl methyl sites for hydroxylation is 1. The standard InChI is InChI=1S/C22H24N4O3/c1-4-14(3)18(19(23)27)24-20(28)15-8-10-16(11-9-15)21-25-26-22(29-21)17-7-5-6-13(2)12-17/h5-12,14,18H,4H2,1-3H3,(H2,23,27)(H,24,28). The van der Waals surface area contributed by atoms with E-state index in [0.717, 1.165) is 17.5 Å². The second-order valence-corrected chi connectivity index (χ2v) is 7.10. The molecule has 2 atom stereocenters. The average Bonchev–Trinajstić information content (AvgIpc) is 3.21. The van der Waals surface area contributed by atoms with Crippen molar-refractivity contribution in [3.63, 3.8) is 0 Å². The van der Waals surface area contributed by atoms with Gasteiger partial charge in [-0.1, -0.05) is 38.0 Å². The first kappa shape index (κ1) is 20.3. The number of nitrogens with zero attached hydrogens (tertiary/aromatic N) is 2. The lowest BCUT2D eigenvalue weighted by atomic mass is 9.98. The van der Waals surface area contributed by atoms with Crippen LogP contribution in [0.15, 0.2) is 52.9 Å². The summed E-state index contributed by atoms with van der Waals surface area (Å²) in [6, 6.07) is 13.8. The van der Waals surface area contributed by atoms with Crippen molar-refractivity contribution in [1.29, 1.82) is 0 Å². The molecule has 3 N–H and O–H groups in total. The van der Waals surface area contributed by atoms with Gasteiger partial charge in [0.25, 0.3) is 5.91 Å². The summed E-state index contributed by atoms with van der Waals surface area (Å²) in [5, 5.41) is 10.9. The third kappa shape index (κ3) is 4.68. The second-order valence-electron chi connectivity index (χ2n) is 7.10. The summed E-state index contributed by atoms with van der Waals surface area (Å²) in [6.45, 7) is 5.81. The normalized spacial score (nSPS) is 12.9. The van der Waals surface area contributed by atoms with E-state index in [9.17, 15) is 9.59 Å². The fourth-order valence-corrected chi connectivity index (χ4v) is 2.95. The van der Waals surface area contributed by atoms with Gasteiger partial charge in [0.05, 0.1) is 0 Å². The summed E-state index contributed by atoms with van der Waals surface area (Å²) in [5.41, 5.74) is 8.48. The molecule has 0 saturated carbocycles. The molecule has 0 aliphatic rings. The predicted octanol–water partition coefficient (Wildman–Crippen LogP) is 3.34. The molecule has 0 aliphatic carbocycles. The number of nitrogens with one attached hydrogen (secondary N) is 1. The minimum Gasteiger partial charge on any atom is -0.416 e. The van der Waals surface area contributed by atoms with Crippen LogP contribution < -0.4 is 11.1 Å². The lowest BCUT2D eigenvalue weighted by Crippen LogP contribution is -2.48. The minimum atomic E-state index is -0.708. The van der Waals surface area contributed by atoms with Crippen molar-refractivity contribution in [3.8, 4) is 22.9 Å². The molecule has 0 saturated heterocycles. The molecule has 2 amide bonds. The maximum Gasteiger partial charge on any atom is 0.251 e. The highest BCUT2D eigenvalue weighted by atomic mass is 16.4. The van der Waals surface area contributed by atoms with Crippen molar-refractivity contribution in [2.75, 3.05) is 0 Å². The van der Waals surface area contributed by atoms with Gasteiger partial charge in [0.15, 0.2) is 0 Å². The van der Waals surface area contributed by atoms with Crippen LogP contribution in [0.2, 0.25) is 0 Å². The zero-order valence-electron chi connectivity index (χ0n) is 16.7. The Hall–Kier alpha value is -3.48. The Morgan fingerprint density at radius 3 is 2.31 bits per heavy atom. The van der Waals surface area contributed by atoms with Crippen molar-refractivity contribution < 1.29 is 14.0 Å². The fourth-order valence-electron chi connectivity index (χ4n) is 2.95. The number of nitrogens with two attached hydrogens (primary N) is 1. The van der Waals surface area contributed by atoms with Crippen LogP contribution in [0.25, 0.3) is 22.9 Å². The maximum absolute atomic E-state index is 12.5. The van der Waals surface area contributed by atoms with E-state index in [1.165, 1.54) is 0 Å². The Bertz CT molecular complexity index is 1010. The van der Waals surface area contributed by atoms with Gasteiger partial charge in [0.2, 0.25) is 17.7 Å². The molecule has 7 nitrogen and oxygen atoms in total. The van der Waals surface area contributed by atoms with Crippen LogP contribution in [0, 0.1) is 12.8 Å². The maximum atomic E-state index is 12.5. The van der Waals surface area contributed by atoms with Gasteiger partial charge < -0.3 is 15.5 Å². The molecule has 0 spiro atoms. The second kappa shape index (κ2) is 8.68. The number of carbonyl (C=O) groups is 2. The zero-order chi connectivity index (χ0) is 21.0. The quantitative estimate of drug-likeness (QED) is 0.640. The number of hydrogen-bond donors (Lipinski definition) is 2. The Morgan fingerprint density at radius 2 is 1.72 bits per heavy atom. The van der Waals surface area contributed by atoms with E-state index < -0.39 is 11.9 Å². The molecule has 150 valence electrons. The van der Waals surface area contributed by atoms with E-state index in [1.54, 1.807) is 24.3 Å². The minimum absolute atomic E-state index is 0.0471. The number of hydrogen-bond acceptors (Lipinski definition) is 5. The van der Waals surface area contributed by atoms with Crippen molar-refractivity contribution >= 4 is 11.8 Å². The highest BCUT2D eigenvalue weighted by molar-refractivity contribution is 5.97. The predicted molar refractivity (Wildman–Crippen MR) is 110 cm³/mol. The SMILES string of the molecule is CCC(C)C(NC(=O)c1ccc(-c2nnc(-c3cccc(C)c3)o2)cc1)C(N)=O. The summed E-state index contributed by atoms with van der Waals surface area (Å²) >= 11 is 0. The summed E-state index contributed by atoms with van der Waals surface area (Å²) < 4.78 is 5.77. The molecule has 3 rings (SSSR count). The number of primary amides is 1. The Kier molecular flexibility index (Phi) is 6.07. The van der Waals surface area contributed by atoms with Crippen LogP contribution in [0.3, 0.4) is 0 Å². The largest absolute Gasteiger partial charge is 0.416 e. The van der Waals surface area contributed by atoms with Gasteiger partial charge >= 0.3 is 0 Å². The Morgan fingerprint density at radius 1 is 1.07 bits per heavy atom. The first-order valence-corrected chi connectivity index (χ1v) is 9.50. The van der Waals surface area contributed by atoms with E-state index >= 15 is 0 Å². The molecule has 1 aromatic heterocycles. The lowest BCUT2D eigenvalue weighted by Gasteiger charge is -2.21. The monoisotopic (exact) mass is 392 g/mol. The molecule has 29 heavy (non-hydrogen) atoms. The third-order valence-electron chi connectivity index (χ3n) is 4.89. The number of amides is 2. The van der Waals surface area contributed by atoms with Crippen molar-refractivity contribution in [3.05, 3.63) is 59.7 Å². The number of rotatable bonds is 7. The van der Waals surface area contributed by atoms with Crippen molar-refractivity contribution in [2.45, 2.75) is 33.2 Å². The number of benzene rings is 2. The van der Waals surface area contributed by atoms with Gasteiger partial charge in [-0.2, -0.15) is 0 Å². The Labute approximate surface area is 169 Å². The topological polar surface area (TPSA) is 111 Å². The molecule has 1 heterocycles. The van der Waals surface area contributed by atoms with Crippen LogP contribution >= 0.6 is 0 Å². The van der Waals surface area contributed by atoms with Crippen LogP contribution in [-0.4, -0.2) is 28.1 Å². The van der Waals surface area contributed by atoms with Crippen molar-refractivity contribution in [2.24, 2.45) is 11.7 Å². The van der Waals surface area contributed by atoms with Crippen molar-refractivity contribution in [1.82, 2.24) is 15.5 Å². The molecule has 7 heteroatoms. The molecule has 0 fully saturated rings. The Balaban J connectivity index is 1.75. The summed E-state index contributed by atoms with van der Waals surface area (Å²) in [6.07, 6.45) is 0.729. The fraction of sp³-hybridized carbons (Fsp3) is 0.273. The summed E-state index contributed by atoms with van der Waals surface area (Å²) in [4.78, 5) is 24.1. The van der Waals surface area contributed by atoms with Crippen LogP contribution in [0.5, 0.6) is 0 Å². The molecule has 0 bridgehead atoms. The zero-order valence-corrected chi connectivity index (χ0v) is 16.7. The molecular weight excluding hydrogens is 368 g/mol. The van der Waals surface area contributed by atoms with Gasteiger partial charge in [-0.05, 0) is 49.2 Å². The highest BCUT2D eigenvalue weighted by Crippen LogP contribution is 2.24. The van der Waals surface area contributed by atoms with Gasteiger partial charge in [0, 0.05) is 16.7 Å². The molecule has 3 aromatic rings. The van der Waals surface area contributed by atoms with Gasteiger partial charge in [0.1, 0.15) is 6.04 Å². The van der Waals surface area contributed by atoms with Crippen LogP contribution in [0.1, 0.15) is 36.2 Å². The third-order valence-corrected chi connectivity index (χ3v) is 4.89. The van der Waals surface area contributed by atoms with E-state index in [2.05, 4.69) is 15.5 Å². The average molecular weight is 392 g/mol. The van der Waals surface area contributed by atoms with E-state index in [-0.39, 0.29) is 11.8 Å². The van der Waals surface area contributed by atoms with Crippen LogP contribution in [-0.2, 0) is 4.79 Å². The lowest BCUT2D eigenvalue weighted by molar-refractivity contribution is -0.120. The first-order chi connectivity index (χ1) is 13.9. The number of aromatic nitrogens is 2. The van der Waals surface area contributed by atoms with E-state index in [4.69, 9.17) is 10.2 Å². The van der Waals surface area contributed by atoms with E-state index in [0.29, 0.717) is 22.9 Å². The molecule has 2 unspecified atom stereocenters. The van der Waals surface area contributed by atoms with E-state index in [1.807, 2.05) is 45.0 Å². The molecule has 0 aliphatic heterocycles. The van der Waals surface area contributed by atoms with Gasteiger partial charge in [-0.25, -0.2) is 0 Å². The summed E-state index contributed by atoms with van der Waals surface area (Å²) in [7, 11) is 0. The number of carbonyl (C=O) groups excluding carboxylic acids is 2. The highest BCUT2D eigenvalue weighted by Gasteiger charge is 2.24. The molecule has 2 aromatic carbocycles. The smallest absolute Gasteiger partial charge is 0.251 e. The summed E-state index contributed by atoms with van der Waals surface area (Å²) in [5.74, 6) is -0.147. The van der Waals surface area contributed by atoms with Crippen LogP contribution in [0.4, 0.5) is 0 Å². The molecule has 0 radical (unpaired) electrons.